The third-order valence-electron chi connectivity index (χ3n) is 3.66. The SMILES string of the molecule is CC#Cc1cncc(-c2csc([C@@H]3CC(=O)N(C)C(N)=N3)c2)c1. The molecule has 1 atom stereocenters. The van der Waals surface area contributed by atoms with Crippen molar-refractivity contribution in [2.75, 3.05) is 7.05 Å². The maximum atomic E-state index is 11.9. The number of nitrogens with zero attached hydrogens (tertiary/aromatic N) is 3. The van der Waals surface area contributed by atoms with Gasteiger partial charge in [-0.3, -0.25) is 14.7 Å². The summed E-state index contributed by atoms with van der Waals surface area (Å²) >= 11 is 1.58. The molecule has 0 saturated heterocycles. The van der Waals surface area contributed by atoms with E-state index in [1.807, 2.05) is 23.7 Å². The number of carbonyl (C=O) groups is 1. The van der Waals surface area contributed by atoms with E-state index < -0.39 is 0 Å². The number of rotatable bonds is 2. The molecule has 2 N–H and O–H groups in total. The lowest BCUT2D eigenvalue weighted by molar-refractivity contribution is -0.127. The van der Waals surface area contributed by atoms with Gasteiger partial charge in [0.1, 0.15) is 0 Å². The summed E-state index contributed by atoms with van der Waals surface area (Å²) in [6, 6.07) is 3.85. The van der Waals surface area contributed by atoms with Gasteiger partial charge in [-0.1, -0.05) is 5.92 Å². The van der Waals surface area contributed by atoms with Crippen molar-refractivity contribution in [2.45, 2.75) is 19.4 Å². The van der Waals surface area contributed by atoms with E-state index in [2.05, 4.69) is 21.8 Å². The number of guanidine groups is 1. The lowest BCUT2D eigenvalue weighted by Crippen LogP contribution is -2.42. The molecule has 0 saturated carbocycles. The van der Waals surface area contributed by atoms with E-state index in [0.29, 0.717) is 6.42 Å². The molecule has 23 heavy (non-hydrogen) atoms. The average Bonchev–Trinajstić information content (AvgIpc) is 3.03. The number of carbonyl (C=O) groups excluding carboxylic acids is 1. The maximum absolute atomic E-state index is 11.9. The largest absolute Gasteiger partial charge is 0.369 e. The van der Waals surface area contributed by atoms with Crippen LogP contribution in [0.5, 0.6) is 0 Å². The Labute approximate surface area is 138 Å². The Morgan fingerprint density at radius 1 is 1.35 bits per heavy atom. The highest BCUT2D eigenvalue weighted by Gasteiger charge is 2.26. The van der Waals surface area contributed by atoms with Crippen LogP contribution < -0.4 is 5.73 Å². The van der Waals surface area contributed by atoms with Gasteiger partial charge in [-0.25, -0.2) is 4.99 Å². The van der Waals surface area contributed by atoms with Crippen molar-refractivity contribution in [1.82, 2.24) is 9.88 Å². The third-order valence-corrected chi connectivity index (χ3v) is 4.70. The van der Waals surface area contributed by atoms with Crippen molar-refractivity contribution < 1.29 is 4.79 Å². The molecule has 0 radical (unpaired) electrons. The fraction of sp³-hybridized carbons (Fsp3) is 0.235. The molecule has 0 spiro atoms. The number of aromatic nitrogens is 1. The van der Waals surface area contributed by atoms with Gasteiger partial charge in [0, 0.05) is 35.4 Å². The first kappa shape index (κ1) is 15.3. The second-order valence-corrected chi connectivity index (χ2v) is 6.18. The Morgan fingerprint density at radius 3 is 2.91 bits per heavy atom. The maximum Gasteiger partial charge on any atom is 0.231 e. The number of nitrogens with two attached hydrogens (primary N) is 1. The molecule has 2 aromatic rings. The summed E-state index contributed by atoms with van der Waals surface area (Å²) in [5, 5.41) is 2.05. The number of aliphatic imine (C=N–C) groups is 1. The van der Waals surface area contributed by atoms with Crippen molar-refractivity contribution in [1.29, 1.82) is 0 Å². The molecular formula is C17H16N4OS. The quantitative estimate of drug-likeness (QED) is 0.862. The van der Waals surface area contributed by atoms with E-state index in [1.54, 1.807) is 31.5 Å². The minimum Gasteiger partial charge on any atom is -0.369 e. The van der Waals surface area contributed by atoms with Crippen LogP contribution in [0.2, 0.25) is 0 Å². The molecule has 0 aromatic carbocycles. The minimum absolute atomic E-state index is 0.0145. The van der Waals surface area contributed by atoms with Crippen molar-refractivity contribution in [3.63, 3.8) is 0 Å². The predicted octanol–water partition coefficient (Wildman–Crippen LogP) is 2.40. The Morgan fingerprint density at radius 2 is 2.17 bits per heavy atom. The van der Waals surface area contributed by atoms with Gasteiger partial charge >= 0.3 is 0 Å². The zero-order chi connectivity index (χ0) is 16.4. The van der Waals surface area contributed by atoms with Gasteiger partial charge in [0.2, 0.25) is 5.91 Å². The van der Waals surface area contributed by atoms with Crippen LogP contribution >= 0.6 is 11.3 Å². The molecule has 2 aromatic heterocycles. The van der Waals surface area contributed by atoms with E-state index >= 15 is 0 Å². The van der Waals surface area contributed by atoms with E-state index in [9.17, 15) is 4.79 Å². The molecule has 3 rings (SSSR count). The van der Waals surface area contributed by atoms with Crippen LogP contribution in [-0.2, 0) is 4.79 Å². The van der Waals surface area contributed by atoms with Gasteiger partial charge in [0.15, 0.2) is 5.96 Å². The molecular weight excluding hydrogens is 308 g/mol. The number of pyridine rings is 1. The first-order chi connectivity index (χ1) is 11.1. The summed E-state index contributed by atoms with van der Waals surface area (Å²) in [7, 11) is 1.64. The standard InChI is InChI=1S/C17H16N4OS/c1-3-4-11-5-12(9-19-8-11)13-6-15(23-10-13)14-7-16(22)21(2)17(18)20-14/h5-6,8-10,14H,7H2,1-2H3,(H2,18,20)/t14-/m0/s1. The molecule has 0 unspecified atom stereocenters. The lowest BCUT2D eigenvalue weighted by Gasteiger charge is -2.24. The number of thiophene rings is 1. The molecule has 0 aliphatic carbocycles. The molecule has 1 amide bonds. The van der Waals surface area contributed by atoms with E-state index in [4.69, 9.17) is 5.73 Å². The molecule has 116 valence electrons. The summed E-state index contributed by atoms with van der Waals surface area (Å²) in [5.74, 6) is 6.13. The monoisotopic (exact) mass is 324 g/mol. The van der Waals surface area contributed by atoms with Gasteiger partial charge in [-0.15, -0.1) is 17.3 Å². The van der Waals surface area contributed by atoms with Crippen molar-refractivity contribution >= 4 is 23.2 Å². The minimum atomic E-state index is -0.205. The van der Waals surface area contributed by atoms with Crippen molar-refractivity contribution in [3.05, 3.63) is 40.3 Å². The lowest BCUT2D eigenvalue weighted by atomic mass is 10.1. The van der Waals surface area contributed by atoms with Gasteiger partial charge < -0.3 is 5.73 Å². The highest BCUT2D eigenvalue weighted by atomic mass is 32.1. The third kappa shape index (κ3) is 3.10. The fourth-order valence-corrected chi connectivity index (χ4v) is 3.33. The molecule has 5 nitrogen and oxygen atoms in total. The Kier molecular flexibility index (Phi) is 4.13. The summed E-state index contributed by atoms with van der Waals surface area (Å²) < 4.78 is 0. The summed E-state index contributed by atoms with van der Waals surface area (Å²) in [4.78, 5) is 23.0. The molecule has 0 fully saturated rings. The van der Waals surface area contributed by atoms with Gasteiger partial charge in [-0.2, -0.15) is 0 Å². The molecule has 6 heteroatoms. The molecule has 1 aliphatic rings. The van der Waals surface area contributed by atoms with Crippen LogP contribution in [0.1, 0.15) is 29.8 Å². The Hall–Kier alpha value is -2.65. The Bertz CT molecular complexity index is 844. The van der Waals surface area contributed by atoms with Gasteiger partial charge in [0.05, 0.1) is 12.5 Å². The van der Waals surface area contributed by atoms with E-state index in [0.717, 1.165) is 21.6 Å². The number of hydrogen-bond acceptors (Lipinski definition) is 5. The average molecular weight is 324 g/mol. The van der Waals surface area contributed by atoms with Gasteiger partial charge in [-0.05, 0) is 30.0 Å². The van der Waals surface area contributed by atoms with E-state index in [-0.39, 0.29) is 17.9 Å². The smallest absolute Gasteiger partial charge is 0.231 e. The number of amides is 1. The molecule has 1 aliphatic heterocycles. The van der Waals surface area contributed by atoms with Crippen LogP contribution in [0.15, 0.2) is 34.9 Å². The normalized spacial score (nSPS) is 17.5. The fourth-order valence-electron chi connectivity index (χ4n) is 2.38. The summed E-state index contributed by atoms with van der Waals surface area (Å²) in [6.07, 6.45) is 3.90. The highest BCUT2D eigenvalue weighted by Crippen LogP contribution is 2.34. The first-order valence-corrected chi connectivity index (χ1v) is 8.03. The predicted molar refractivity (Wildman–Crippen MR) is 91.9 cm³/mol. The first-order valence-electron chi connectivity index (χ1n) is 7.15. The Balaban J connectivity index is 1.90. The second-order valence-electron chi connectivity index (χ2n) is 5.24. The van der Waals surface area contributed by atoms with Crippen LogP contribution in [0.3, 0.4) is 0 Å². The van der Waals surface area contributed by atoms with Crippen LogP contribution in [0, 0.1) is 11.8 Å². The molecule has 3 heterocycles. The molecule has 0 bridgehead atoms. The zero-order valence-corrected chi connectivity index (χ0v) is 13.7. The summed E-state index contributed by atoms with van der Waals surface area (Å²) in [6.45, 7) is 1.80. The van der Waals surface area contributed by atoms with E-state index in [1.165, 1.54) is 4.90 Å². The summed E-state index contributed by atoms with van der Waals surface area (Å²) in [5.41, 5.74) is 8.74. The highest BCUT2D eigenvalue weighted by molar-refractivity contribution is 7.10. The second kappa shape index (κ2) is 6.23. The van der Waals surface area contributed by atoms with Crippen LogP contribution in [0.25, 0.3) is 11.1 Å². The van der Waals surface area contributed by atoms with Crippen molar-refractivity contribution in [2.24, 2.45) is 10.7 Å². The van der Waals surface area contributed by atoms with Crippen molar-refractivity contribution in [3.8, 4) is 23.0 Å². The van der Waals surface area contributed by atoms with Crippen LogP contribution in [0.4, 0.5) is 0 Å². The zero-order valence-electron chi connectivity index (χ0n) is 12.9. The topological polar surface area (TPSA) is 71.6 Å². The van der Waals surface area contributed by atoms with Crippen LogP contribution in [-0.4, -0.2) is 28.8 Å². The van der Waals surface area contributed by atoms with Gasteiger partial charge in [0.25, 0.3) is 0 Å². The number of hydrogen-bond donors (Lipinski definition) is 1.